The molecule has 1 atom stereocenters. The predicted molar refractivity (Wildman–Crippen MR) is 77.7 cm³/mol. The molecule has 0 aliphatic carbocycles. The monoisotopic (exact) mass is 285 g/mol. The van der Waals surface area contributed by atoms with Gasteiger partial charge in [0.1, 0.15) is 0 Å². The van der Waals surface area contributed by atoms with Crippen LogP contribution >= 0.6 is 0 Å². The first kappa shape index (κ1) is 16.1. The Morgan fingerprint density at radius 2 is 1.74 bits per heavy atom. The Kier molecular flexibility index (Phi) is 5.49. The summed E-state index contributed by atoms with van der Waals surface area (Å²) < 4.78 is 28.1. The number of nitrogens with two attached hydrogens (primary N) is 1. The molecular formula is C13H23N3O2S. The maximum absolute atomic E-state index is 12.1. The molecule has 1 rings (SSSR count). The van der Waals surface area contributed by atoms with Crippen LogP contribution < -0.4 is 10.5 Å². The summed E-state index contributed by atoms with van der Waals surface area (Å²) in [7, 11) is -1.90. The first-order valence-electron chi connectivity index (χ1n) is 6.32. The van der Waals surface area contributed by atoms with Crippen molar-refractivity contribution in [2.45, 2.75) is 39.4 Å². The lowest BCUT2D eigenvalue weighted by Crippen LogP contribution is -2.42. The Balaban J connectivity index is 2.81. The normalized spacial score (nSPS) is 14.1. The molecule has 0 spiro atoms. The molecule has 3 N–H and O–H groups in total. The van der Waals surface area contributed by atoms with E-state index in [1.165, 1.54) is 4.31 Å². The third kappa shape index (κ3) is 4.28. The van der Waals surface area contributed by atoms with Crippen LogP contribution in [-0.2, 0) is 16.8 Å². The van der Waals surface area contributed by atoms with Gasteiger partial charge in [-0.3, -0.25) is 0 Å². The van der Waals surface area contributed by atoms with E-state index in [2.05, 4.69) is 4.72 Å². The van der Waals surface area contributed by atoms with Gasteiger partial charge in [-0.2, -0.15) is 17.4 Å². The second-order valence-corrected chi connectivity index (χ2v) is 6.66. The van der Waals surface area contributed by atoms with Crippen molar-refractivity contribution in [3.63, 3.8) is 0 Å². The molecule has 0 radical (unpaired) electrons. The zero-order valence-corrected chi connectivity index (χ0v) is 12.7. The molecular weight excluding hydrogens is 262 g/mol. The molecule has 0 aliphatic rings. The highest BCUT2D eigenvalue weighted by Crippen LogP contribution is 2.15. The number of nitrogens with one attached hydrogen (secondary N) is 1. The average molecular weight is 285 g/mol. The summed E-state index contributed by atoms with van der Waals surface area (Å²) in [6.07, 6.45) is 0. The molecule has 5 nitrogen and oxygen atoms in total. The lowest BCUT2D eigenvalue weighted by atomic mass is 10.1. The maximum atomic E-state index is 12.1. The Morgan fingerprint density at radius 3 is 2.16 bits per heavy atom. The Labute approximate surface area is 116 Å². The van der Waals surface area contributed by atoms with E-state index in [1.807, 2.05) is 45.0 Å². The van der Waals surface area contributed by atoms with Crippen LogP contribution in [0.5, 0.6) is 0 Å². The molecule has 0 aromatic heterocycles. The quantitative estimate of drug-likeness (QED) is 0.829. The van der Waals surface area contributed by atoms with Gasteiger partial charge in [0.25, 0.3) is 10.2 Å². The van der Waals surface area contributed by atoms with Crippen LogP contribution in [0.15, 0.2) is 24.3 Å². The fraction of sp³-hybridized carbons (Fsp3) is 0.538. The zero-order valence-electron chi connectivity index (χ0n) is 11.9. The largest absolute Gasteiger partial charge is 0.326 e. The Bertz CT molecular complexity index is 497. The molecule has 0 saturated carbocycles. The minimum atomic E-state index is -3.46. The van der Waals surface area contributed by atoms with Crippen molar-refractivity contribution in [3.05, 3.63) is 35.4 Å². The van der Waals surface area contributed by atoms with Crippen LogP contribution in [0.1, 0.15) is 37.9 Å². The standard InChI is InChI=1S/C13H23N3O2S/c1-10(2)16(4)19(17,18)15-11(3)13-7-5-12(9-14)6-8-13/h5-8,10-11,15H,9,14H2,1-4H3. The van der Waals surface area contributed by atoms with E-state index in [4.69, 9.17) is 5.73 Å². The van der Waals surface area contributed by atoms with E-state index in [-0.39, 0.29) is 12.1 Å². The summed E-state index contributed by atoms with van der Waals surface area (Å²) in [5, 5.41) is 0. The van der Waals surface area contributed by atoms with Crippen molar-refractivity contribution in [3.8, 4) is 0 Å². The topological polar surface area (TPSA) is 75.4 Å². The zero-order chi connectivity index (χ0) is 14.6. The van der Waals surface area contributed by atoms with Crippen molar-refractivity contribution in [2.75, 3.05) is 7.05 Å². The molecule has 1 aromatic rings. The molecule has 1 unspecified atom stereocenters. The smallest absolute Gasteiger partial charge is 0.279 e. The third-order valence-electron chi connectivity index (χ3n) is 3.15. The number of benzene rings is 1. The molecule has 1 aromatic carbocycles. The first-order valence-corrected chi connectivity index (χ1v) is 7.76. The molecule has 0 saturated heterocycles. The first-order chi connectivity index (χ1) is 8.77. The van der Waals surface area contributed by atoms with Crippen LogP contribution in [0, 0.1) is 0 Å². The van der Waals surface area contributed by atoms with Crippen LogP contribution in [0.2, 0.25) is 0 Å². The molecule has 0 fully saturated rings. The van der Waals surface area contributed by atoms with E-state index >= 15 is 0 Å². The van der Waals surface area contributed by atoms with Crippen LogP contribution in [0.3, 0.4) is 0 Å². The minimum Gasteiger partial charge on any atom is -0.326 e. The highest BCUT2D eigenvalue weighted by Gasteiger charge is 2.22. The number of hydrogen-bond acceptors (Lipinski definition) is 3. The van der Waals surface area contributed by atoms with Gasteiger partial charge in [0, 0.05) is 25.7 Å². The Hall–Kier alpha value is -0.950. The van der Waals surface area contributed by atoms with Gasteiger partial charge in [-0.15, -0.1) is 0 Å². The number of hydrogen-bond donors (Lipinski definition) is 2. The van der Waals surface area contributed by atoms with Gasteiger partial charge >= 0.3 is 0 Å². The van der Waals surface area contributed by atoms with E-state index < -0.39 is 10.2 Å². The SMILES string of the molecule is CC(NS(=O)(=O)N(C)C(C)C)c1ccc(CN)cc1. The van der Waals surface area contributed by atoms with Crippen molar-refractivity contribution >= 4 is 10.2 Å². The van der Waals surface area contributed by atoms with Gasteiger partial charge in [0.2, 0.25) is 0 Å². The lowest BCUT2D eigenvalue weighted by Gasteiger charge is -2.24. The van der Waals surface area contributed by atoms with Crippen LogP contribution in [-0.4, -0.2) is 25.8 Å². The van der Waals surface area contributed by atoms with E-state index in [0.717, 1.165) is 11.1 Å². The minimum absolute atomic E-state index is 0.0793. The predicted octanol–water partition coefficient (Wildman–Crippen LogP) is 1.38. The van der Waals surface area contributed by atoms with Crippen molar-refractivity contribution < 1.29 is 8.42 Å². The van der Waals surface area contributed by atoms with Crippen molar-refractivity contribution in [1.29, 1.82) is 0 Å². The molecule has 6 heteroatoms. The second-order valence-electron chi connectivity index (χ2n) is 4.90. The molecule has 0 aliphatic heterocycles. The average Bonchev–Trinajstić information content (AvgIpc) is 2.37. The fourth-order valence-electron chi connectivity index (χ4n) is 1.59. The summed E-state index contributed by atoms with van der Waals surface area (Å²) in [5.74, 6) is 0. The van der Waals surface area contributed by atoms with Gasteiger partial charge in [0.05, 0.1) is 0 Å². The summed E-state index contributed by atoms with van der Waals surface area (Å²) in [6, 6.07) is 7.25. The van der Waals surface area contributed by atoms with Crippen LogP contribution in [0.25, 0.3) is 0 Å². The Morgan fingerprint density at radius 1 is 1.21 bits per heavy atom. The molecule has 0 amide bonds. The summed E-state index contributed by atoms with van der Waals surface area (Å²) >= 11 is 0. The van der Waals surface area contributed by atoms with Crippen molar-refractivity contribution in [2.24, 2.45) is 5.73 Å². The lowest BCUT2D eigenvalue weighted by molar-refractivity contribution is 0.398. The van der Waals surface area contributed by atoms with Gasteiger partial charge in [-0.1, -0.05) is 24.3 Å². The number of rotatable bonds is 6. The van der Waals surface area contributed by atoms with Gasteiger partial charge in [0.15, 0.2) is 0 Å². The third-order valence-corrected chi connectivity index (χ3v) is 4.98. The summed E-state index contributed by atoms with van der Waals surface area (Å²) in [5.41, 5.74) is 7.47. The highest BCUT2D eigenvalue weighted by atomic mass is 32.2. The van der Waals surface area contributed by atoms with E-state index in [1.54, 1.807) is 7.05 Å². The molecule has 108 valence electrons. The van der Waals surface area contributed by atoms with E-state index in [0.29, 0.717) is 6.54 Å². The summed E-state index contributed by atoms with van der Waals surface area (Å²) in [4.78, 5) is 0. The van der Waals surface area contributed by atoms with Crippen LogP contribution in [0.4, 0.5) is 0 Å². The van der Waals surface area contributed by atoms with E-state index in [9.17, 15) is 8.42 Å². The molecule has 19 heavy (non-hydrogen) atoms. The van der Waals surface area contributed by atoms with Gasteiger partial charge in [-0.25, -0.2) is 0 Å². The second kappa shape index (κ2) is 6.47. The summed E-state index contributed by atoms with van der Waals surface area (Å²) in [6.45, 7) is 5.97. The molecule has 0 heterocycles. The highest BCUT2D eigenvalue weighted by molar-refractivity contribution is 7.87. The fourth-order valence-corrected chi connectivity index (χ4v) is 2.90. The number of nitrogens with zero attached hydrogens (tertiary/aromatic N) is 1. The van der Waals surface area contributed by atoms with Gasteiger partial charge in [-0.05, 0) is 31.9 Å². The maximum Gasteiger partial charge on any atom is 0.279 e. The van der Waals surface area contributed by atoms with Crippen molar-refractivity contribution in [1.82, 2.24) is 9.03 Å². The van der Waals surface area contributed by atoms with Gasteiger partial charge < -0.3 is 5.73 Å². The molecule has 0 bridgehead atoms.